The molecule has 1 aliphatic rings. The molecule has 8 nitrogen and oxygen atoms in total. The summed E-state index contributed by atoms with van der Waals surface area (Å²) in [5.41, 5.74) is 1.56. The molecule has 3 rings (SSSR count). The van der Waals surface area contributed by atoms with Crippen LogP contribution in [0.15, 0.2) is 42.9 Å². The molecule has 1 aromatic heterocycles. The molecule has 0 bridgehead atoms. The molecular weight excluding hydrogens is 466 g/mol. The molecule has 1 saturated heterocycles. The highest BCUT2D eigenvalue weighted by Gasteiger charge is 2.25. The minimum Gasteiger partial charge on any atom is -0.375 e. The SMILES string of the molecule is CC(C)(C)C.CN[C@H](COCc1ccccc1)C(=O)Nc1cn(CC(=O)N2CCC(C(C)C)CC2)cn1. The first kappa shape index (κ1) is 30.5. The molecule has 8 heteroatoms. The van der Waals surface area contributed by atoms with Crippen molar-refractivity contribution in [3.8, 4) is 0 Å². The van der Waals surface area contributed by atoms with Gasteiger partial charge in [-0.1, -0.05) is 71.9 Å². The van der Waals surface area contributed by atoms with Crippen LogP contribution in [0.2, 0.25) is 0 Å². The minimum absolute atomic E-state index is 0.0879. The maximum atomic E-state index is 12.6. The van der Waals surface area contributed by atoms with E-state index in [0.717, 1.165) is 31.5 Å². The Bertz CT molecular complexity index is 938. The van der Waals surface area contributed by atoms with Crippen molar-refractivity contribution in [3.05, 3.63) is 48.4 Å². The second-order valence-corrected chi connectivity index (χ2v) is 11.7. The summed E-state index contributed by atoms with van der Waals surface area (Å²) in [6.45, 7) is 15.8. The Morgan fingerprint density at radius 2 is 1.73 bits per heavy atom. The number of rotatable bonds is 10. The van der Waals surface area contributed by atoms with Crippen LogP contribution in [0.4, 0.5) is 5.82 Å². The zero-order valence-corrected chi connectivity index (χ0v) is 23.8. The Morgan fingerprint density at radius 3 is 2.30 bits per heavy atom. The molecular formula is C29H47N5O3. The zero-order chi connectivity index (χ0) is 27.4. The van der Waals surface area contributed by atoms with E-state index in [0.29, 0.717) is 29.7 Å². The van der Waals surface area contributed by atoms with Gasteiger partial charge < -0.3 is 24.8 Å². The first-order valence-corrected chi connectivity index (χ1v) is 13.4. The van der Waals surface area contributed by atoms with Gasteiger partial charge in [0, 0.05) is 19.3 Å². The lowest BCUT2D eigenvalue weighted by molar-refractivity contribution is -0.133. The van der Waals surface area contributed by atoms with Crippen LogP contribution < -0.4 is 10.6 Å². The number of likely N-dealkylation sites (N-methyl/N-ethyl adjacent to an activating group) is 1. The minimum atomic E-state index is -0.507. The summed E-state index contributed by atoms with van der Waals surface area (Å²) in [6.07, 6.45) is 5.39. The fourth-order valence-corrected chi connectivity index (χ4v) is 3.96. The molecule has 37 heavy (non-hydrogen) atoms. The van der Waals surface area contributed by atoms with Crippen LogP contribution in [0.25, 0.3) is 0 Å². The summed E-state index contributed by atoms with van der Waals surface area (Å²) in [6, 6.07) is 9.32. The molecule has 1 aliphatic heterocycles. The molecule has 2 heterocycles. The van der Waals surface area contributed by atoms with E-state index in [1.54, 1.807) is 24.1 Å². The lowest BCUT2D eigenvalue weighted by atomic mass is 9.87. The highest BCUT2D eigenvalue weighted by atomic mass is 16.5. The van der Waals surface area contributed by atoms with Crippen LogP contribution in [-0.2, 0) is 27.5 Å². The lowest BCUT2D eigenvalue weighted by Gasteiger charge is -2.34. The van der Waals surface area contributed by atoms with Crippen molar-refractivity contribution in [1.82, 2.24) is 19.8 Å². The van der Waals surface area contributed by atoms with E-state index in [1.807, 2.05) is 35.2 Å². The number of anilines is 1. The van der Waals surface area contributed by atoms with E-state index in [1.165, 1.54) is 0 Å². The second-order valence-electron chi connectivity index (χ2n) is 11.7. The van der Waals surface area contributed by atoms with Gasteiger partial charge in [-0.25, -0.2) is 4.98 Å². The van der Waals surface area contributed by atoms with Crippen molar-refractivity contribution >= 4 is 17.6 Å². The van der Waals surface area contributed by atoms with Crippen LogP contribution in [0, 0.1) is 17.3 Å². The van der Waals surface area contributed by atoms with Gasteiger partial charge in [0.25, 0.3) is 0 Å². The van der Waals surface area contributed by atoms with E-state index in [4.69, 9.17) is 4.74 Å². The molecule has 1 aromatic carbocycles. The van der Waals surface area contributed by atoms with Crippen molar-refractivity contribution in [2.24, 2.45) is 17.3 Å². The van der Waals surface area contributed by atoms with E-state index < -0.39 is 6.04 Å². The van der Waals surface area contributed by atoms with Crippen LogP contribution in [0.5, 0.6) is 0 Å². The first-order chi connectivity index (χ1) is 17.5. The number of imidazole rings is 1. The van der Waals surface area contributed by atoms with Gasteiger partial charge in [0.1, 0.15) is 12.6 Å². The maximum Gasteiger partial charge on any atom is 0.245 e. The Hall–Kier alpha value is -2.71. The third-order valence-electron chi connectivity index (χ3n) is 6.10. The van der Waals surface area contributed by atoms with Crippen molar-refractivity contribution in [1.29, 1.82) is 0 Å². The average molecular weight is 514 g/mol. The Kier molecular flexibility index (Phi) is 12.3. The number of likely N-dealkylation sites (tertiary alicyclic amines) is 1. The maximum absolute atomic E-state index is 12.6. The number of carbonyl (C=O) groups is 2. The summed E-state index contributed by atoms with van der Waals surface area (Å²) >= 11 is 0. The lowest BCUT2D eigenvalue weighted by Crippen LogP contribution is -2.42. The molecule has 0 unspecified atom stereocenters. The monoisotopic (exact) mass is 513 g/mol. The molecule has 2 amide bonds. The topological polar surface area (TPSA) is 88.5 Å². The predicted molar refractivity (Wildman–Crippen MR) is 149 cm³/mol. The molecule has 0 radical (unpaired) electrons. The van der Waals surface area contributed by atoms with Gasteiger partial charge in [0.15, 0.2) is 5.82 Å². The molecule has 1 atom stereocenters. The summed E-state index contributed by atoms with van der Waals surface area (Å²) in [5.74, 6) is 1.64. The van der Waals surface area contributed by atoms with Crippen LogP contribution >= 0.6 is 0 Å². The number of benzene rings is 1. The number of hydrogen-bond donors (Lipinski definition) is 2. The number of amides is 2. The molecule has 0 aliphatic carbocycles. The van der Waals surface area contributed by atoms with Gasteiger partial charge in [-0.15, -0.1) is 0 Å². The highest BCUT2D eigenvalue weighted by molar-refractivity contribution is 5.94. The Labute approximate surface area is 223 Å². The molecule has 206 valence electrons. The highest BCUT2D eigenvalue weighted by Crippen LogP contribution is 2.24. The summed E-state index contributed by atoms with van der Waals surface area (Å²) < 4.78 is 7.39. The van der Waals surface area contributed by atoms with Gasteiger partial charge in [-0.05, 0) is 42.7 Å². The van der Waals surface area contributed by atoms with Crippen LogP contribution in [0.3, 0.4) is 0 Å². The second kappa shape index (κ2) is 14.9. The van der Waals surface area contributed by atoms with Gasteiger partial charge in [-0.2, -0.15) is 0 Å². The number of aromatic nitrogens is 2. The number of carbonyl (C=O) groups excluding carboxylic acids is 2. The van der Waals surface area contributed by atoms with Crippen molar-refractivity contribution in [2.75, 3.05) is 32.1 Å². The van der Waals surface area contributed by atoms with Gasteiger partial charge in [-0.3, -0.25) is 9.59 Å². The Balaban J connectivity index is 0.000000877. The van der Waals surface area contributed by atoms with E-state index >= 15 is 0 Å². The van der Waals surface area contributed by atoms with Crippen molar-refractivity contribution in [2.45, 2.75) is 73.6 Å². The fourth-order valence-electron chi connectivity index (χ4n) is 3.96. The molecule has 1 fully saturated rings. The fraction of sp³-hybridized carbons (Fsp3) is 0.621. The number of hydrogen-bond acceptors (Lipinski definition) is 5. The van der Waals surface area contributed by atoms with E-state index in [9.17, 15) is 9.59 Å². The van der Waals surface area contributed by atoms with Gasteiger partial charge >= 0.3 is 0 Å². The number of nitrogens with zero attached hydrogens (tertiary/aromatic N) is 3. The van der Waals surface area contributed by atoms with Crippen molar-refractivity contribution in [3.63, 3.8) is 0 Å². The Morgan fingerprint density at radius 1 is 1.11 bits per heavy atom. The summed E-state index contributed by atoms with van der Waals surface area (Å²) in [5, 5.41) is 5.76. The smallest absolute Gasteiger partial charge is 0.245 e. The quantitative estimate of drug-likeness (QED) is 0.486. The van der Waals surface area contributed by atoms with Crippen molar-refractivity contribution < 1.29 is 14.3 Å². The molecule has 0 spiro atoms. The summed E-state index contributed by atoms with van der Waals surface area (Å²) in [4.78, 5) is 31.4. The standard InChI is InChI=1S/C24H35N5O3.C5H12/c1-18(2)20-9-11-29(12-10-20)23(30)14-28-13-22(26-17-28)27-24(31)21(25-3)16-32-15-19-7-5-4-6-8-19;1-5(2,3)4/h4-8,13,17-18,20-21,25H,9-12,14-16H2,1-3H3,(H,27,31);1-4H3/t21-;/m1./s1. The number of ether oxygens (including phenoxy) is 1. The van der Waals surface area contributed by atoms with Crippen LogP contribution in [0.1, 0.15) is 59.9 Å². The number of piperidine rings is 1. The predicted octanol–water partition coefficient (Wildman–Crippen LogP) is 4.57. The number of nitrogens with one attached hydrogen (secondary N) is 2. The van der Waals surface area contributed by atoms with E-state index in [-0.39, 0.29) is 25.0 Å². The van der Waals surface area contributed by atoms with Gasteiger partial charge in [0.2, 0.25) is 11.8 Å². The first-order valence-electron chi connectivity index (χ1n) is 13.4. The zero-order valence-electron chi connectivity index (χ0n) is 23.8. The van der Waals surface area contributed by atoms with Crippen LogP contribution in [-0.4, -0.2) is 59.1 Å². The third-order valence-corrected chi connectivity index (χ3v) is 6.10. The van der Waals surface area contributed by atoms with Gasteiger partial charge in [0.05, 0.1) is 19.5 Å². The molecule has 2 N–H and O–H groups in total. The molecule has 2 aromatic rings. The third kappa shape index (κ3) is 11.9. The normalized spacial score (nSPS) is 15.2. The average Bonchev–Trinajstić information content (AvgIpc) is 3.27. The molecule has 0 saturated carbocycles. The largest absolute Gasteiger partial charge is 0.375 e. The van der Waals surface area contributed by atoms with E-state index in [2.05, 4.69) is 57.2 Å². The summed E-state index contributed by atoms with van der Waals surface area (Å²) in [7, 11) is 1.72.